The summed E-state index contributed by atoms with van der Waals surface area (Å²) in [6.07, 6.45) is 2.36. The first-order chi connectivity index (χ1) is 8.72. The number of nitrogens with zero attached hydrogens (tertiary/aromatic N) is 2. The fourth-order valence-electron chi connectivity index (χ4n) is 2.95. The van der Waals surface area contributed by atoms with Crippen molar-refractivity contribution in [3.8, 4) is 0 Å². The largest absolute Gasteiger partial charge is 0.369 e. The van der Waals surface area contributed by atoms with E-state index in [2.05, 4.69) is 21.9 Å². The highest BCUT2D eigenvalue weighted by atomic mass is 35.5. The fraction of sp³-hybridized carbons (Fsp3) is 0.571. The van der Waals surface area contributed by atoms with Gasteiger partial charge in [-0.1, -0.05) is 17.7 Å². The van der Waals surface area contributed by atoms with Crippen LogP contribution in [0.5, 0.6) is 0 Å². The molecule has 1 aliphatic heterocycles. The fourth-order valence-corrected chi connectivity index (χ4v) is 3.13. The molecule has 1 saturated carbocycles. The van der Waals surface area contributed by atoms with Crippen LogP contribution in [0.15, 0.2) is 24.3 Å². The Hall–Kier alpha value is -0.770. The Kier molecular flexibility index (Phi) is 3.46. The predicted octanol–water partition coefficient (Wildman–Crippen LogP) is 1.95. The van der Waals surface area contributed by atoms with Crippen LogP contribution in [-0.2, 0) is 0 Å². The van der Waals surface area contributed by atoms with E-state index in [1.165, 1.54) is 18.5 Å². The van der Waals surface area contributed by atoms with Crippen molar-refractivity contribution in [2.24, 2.45) is 5.73 Å². The number of anilines is 1. The first kappa shape index (κ1) is 12.3. The molecule has 0 atom stereocenters. The molecule has 1 aromatic carbocycles. The summed E-state index contributed by atoms with van der Waals surface area (Å²) in [4.78, 5) is 5.01. The summed E-state index contributed by atoms with van der Waals surface area (Å²) in [6, 6.07) is 9.33. The Morgan fingerprint density at radius 2 is 1.83 bits per heavy atom. The van der Waals surface area contributed by atoms with E-state index in [0.717, 1.165) is 37.2 Å². The Balaban J connectivity index is 1.57. The van der Waals surface area contributed by atoms with Crippen molar-refractivity contribution in [1.82, 2.24) is 4.90 Å². The predicted molar refractivity (Wildman–Crippen MR) is 76.2 cm³/mol. The van der Waals surface area contributed by atoms with Crippen LogP contribution < -0.4 is 10.6 Å². The van der Waals surface area contributed by atoms with Crippen LogP contribution in [0.1, 0.15) is 12.8 Å². The second-order valence-electron chi connectivity index (χ2n) is 5.39. The molecule has 4 heteroatoms. The summed E-state index contributed by atoms with van der Waals surface area (Å²) >= 11 is 6.04. The molecular formula is C14H20ClN3. The average Bonchev–Trinajstić information content (AvgIpc) is 2.35. The van der Waals surface area contributed by atoms with Gasteiger partial charge in [0.05, 0.1) is 0 Å². The standard InChI is InChI=1S/C14H20ClN3/c15-11-2-1-3-13(8-11)17-4-6-18(7-5-17)14-9-12(16)10-14/h1-3,8,12,14H,4-7,9-10,16H2. The summed E-state index contributed by atoms with van der Waals surface area (Å²) in [7, 11) is 0. The Bertz CT molecular complexity index is 409. The summed E-state index contributed by atoms with van der Waals surface area (Å²) in [5.74, 6) is 0. The number of rotatable bonds is 2. The highest BCUT2D eigenvalue weighted by molar-refractivity contribution is 6.30. The van der Waals surface area contributed by atoms with E-state index in [0.29, 0.717) is 6.04 Å². The lowest BCUT2D eigenvalue weighted by atomic mass is 9.86. The van der Waals surface area contributed by atoms with Gasteiger partial charge in [0, 0.05) is 49.0 Å². The van der Waals surface area contributed by atoms with E-state index in [-0.39, 0.29) is 0 Å². The van der Waals surface area contributed by atoms with Gasteiger partial charge in [0.2, 0.25) is 0 Å². The van der Waals surface area contributed by atoms with Crippen molar-refractivity contribution in [1.29, 1.82) is 0 Å². The van der Waals surface area contributed by atoms with Gasteiger partial charge >= 0.3 is 0 Å². The summed E-state index contributed by atoms with van der Waals surface area (Å²) < 4.78 is 0. The molecule has 0 spiro atoms. The molecule has 2 aliphatic rings. The third-order valence-corrected chi connectivity index (χ3v) is 4.39. The number of nitrogens with two attached hydrogens (primary N) is 1. The van der Waals surface area contributed by atoms with Crippen LogP contribution in [0.2, 0.25) is 5.02 Å². The maximum atomic E-state index is 6.04. The molecule has 0 amide bonds. The summed E-state index contributed by atoms with van der Waals surface area (Å²) in [6.45, 7) is 4.46. The summed E-state index contributed by atoms with van der Waals surface area (Å²) in [5, 5.41) is 0.819. The second-order valence-corrected chi connectivity index (χ2v) is 5.82. The average molecular weight is 266 g/mol. The molecule has 0 bridgehead atoms. The van der Waals surface area contributed by atoms with Crippen molar-refractivity contribution in [2.75, 3.05) is 31.1 Å². The monoisotopic (exact) mass is 265 g/mol. The molecule has 1 saturated heterocycles. The van der Waals surface area contributed by atoms with Gasteiger partial charge in [-0.05, 0) is 31.0 Å². The smallest absolute Gasteiger partial charge is 0.0426 e. The molecule has 0 radical (unpaired) electrons. The van der Waals surface area contributed by atoms with Gasteiger partial charge < -0.3 is 10.6 Å². The molecule has 1 aromatic rings. The van der Waals surface area contributed by atoms with Crippen LogP contribution in [-0.4, -0.2) is 43.2 Å². The molecule has 1 heterocycles. The van der Waals surface area contributed by atoms with Gasteiger partial charge in [-0.3, -0.25) is 4.90 Å². The lowest BCUT2D eigenvalue weighted by Crippen LogP contribution is -2.56. The number of piperazine rings is 1. The quantitative estimate of drug-likeness (QED) is 0.887. The summed E-state index contributed by atoms with van der Waals surface area (Å²) in [5.41, 5.74) is 7.10. The second kappa shape index (κ2) is 5.08. The SMILES string of the molecule is NC1CC(N2CCN(c3cccc(Cl)c3)CC2)C1. The molecule has 3 nitrogen and oxygen atoms in total. The van der Waals surface area contributed by atoms with E-state index in [9.17, 15) is 0 Å². The van der Waals surface area contributed by atoms with Gasteiger partial charge in [-0.15, -0.1) is 0 Å². The zero-order valence-electron chi connectivity index (χ0n) is 10.6. The Morgan fingerprint density at radius 3 is 2.44 bits per heavy atom. The van der Waals surface area contributed by atoms with Crippen LogP contribution in [0.25, 0.3) is 0 Å². The lowest BCUT2D eigenvalue weighted by molar-refractivity contribution is 0.104. The number of halogens is 1. The van der Waals surface area contributed by atoms with Crippen LogP contribution in [0.3, 0.4) is 0 Å². The van der Waals surface area contributed by atoms with Crippen molar-refractivity contribution in [3.63, 3.8) is 0 Å². The van der Waals surface area contributed by atoms with E-state index in [1.807, 2.05) is 12.1 Å². The molecule has 18 heavy (non-hydrogen) atoms. The molecular weight excluding hydrogens is 246 g/mol. The zero-order valence-corrected chi connectivity index (χ0v) is 11.3. The molecule has 0 aromatic heterocycles. The van der Waals surface area contributed by atoms with E-state index in [1.54, 1.807) is 0 Å². The maximum Gasteiger partial charge on any atom is 0.0426 e. The van der Waals surface area contributed by atoms with E-state index >= 15 is 0 Å². The molecule has 3 rings (SSSR count). The minimum absolute atomic E-state index is 0.445. The molecule has 0 unspecified atom stereocenters. The van der Waals surface area contributed by atoms with Crippen LogP contribution >= 0.6 is 11.6 Å². The highest BCUT2D eigenvalue weighted by Gasteiger charge is 2.32. The van der Waals surface area contributed by atoms with Gasteiger partial charge in [0.1, 0.15) is 0 Å². The van der Waals surface area contributed by atoms with Gasteiger partial charge in [-0.25, -0.2) is 0 Å². The third-order valence-electron chi connectivity index (χ3n) is 4.15. The third kappa shape index (κ3) is 2.48. The number of hydrogen-bond donors (Lipinski definition) is 1. The minimum atomic E-state index is 0.445. The van der Waals surface area contributed by atoms with Crippen molar-refractivity contribution < 1.29 is 0 Å². The first-order valence-electron chi connectivity index (χ1n) is 6.72. The zero-order chi connectivity index (χ0) is 12.5. The Labute approximate surface area is 114 Å². The van der Waals surface area contributed by atoms with Crippen molar-refractivity contribution in [2.45, 2.75) is 24.9 Å². The van der Waals surface area contributed by atoms with Crippen LogP contribution in [0.4, 0.5) is 5.69 Å². The van der Waals surface area contributed by atoms with Gasteiger partial charge in [0.15, 0.2) is 0 Å². The highest BCUT2D eigenvalue weighted by Crippen LogP contribution is 2.26. The topological polar surface area (TPSA) is 32.5 Å². The number of benzene rings is 1. The lowest BCUT2D eigenvalue weighted by Gasteiger charge is -2.45. The number of hydrogen-bond acceptors (Lipinski definition) is 3. The molecule has 98 valence electrons. The molecule has 2 N–H and O–H groups in total. The van der Waals surface area contributed by atoms with Gasteiger partial charge in [-0.2, -0.15) is 0 Å². The molecule has 1 aliphatic carbocycles. The van der Waals surface area contributed by atoms with E-state index < -0.39 is 0 Å². The Morgan fingerprint density at radius 1 is 1.11 bits per heavy atom. The normalized spacial score (nSPS) is 29.1. The van der Waals surface area contributed by atoms with Crippen LogP contribution in [0, 0.1) is 0 Å². The van der Waals surface area contributed by atoms with Crippen molar-refractivity contribution in [3.05, 3.63) is 29.3 Å². The van der Waals surface area contributed by atoms with Gasteiger partial charge in [0.25, 0.3) is 0 Å². The maximum absolute atomic E-state index is 6.04. The first-order valence-corrected chi connectivity index (χ1v) is 7.10. The minimum Gasteiger partial charge on any atom is -0.369 e. The molecule has 2 fully saturated rings. The van der Waals surface area contributed by atoms with E-state index in [4.69, 9.17) is 17.3 Å². The van der Waals surface area contributed by atoms with Crippen molar-refractivity contribution >= 4 is 17.3 Å².